The van der Waals surface area contributed by atoms with Crippen LogP contribution in [0.3, 0.4) is 0 Å². The van der Waals surface area contributed by atoms with Crippen LogP contribution in [0.25, 0.3) is 6.08 Å². The third-order valence-electron chi connectivity index (χ3n) is 3.82. The highest BCUT2D eigenvalue weighted by molar-refractivity contribution is 7.93. The Morgan fingerprint density at radius 3 is 2.36 bits per heavy atom. The van der Waals surface area contributed by atoms with Gasteiger partial charge in [0.05, 0.1) is 11.4 Å². The summed E-state index contributed by atoms with van der Waals surface area (Å²) in [5.74, 6) is -0.524. The fraction of sp³-hybridized carbons (Fsp3) is 0.167. The smallest absolute Gasteiger partial charge is 0.248 e. The lowest BCUT2D eigenvalue weighted by Gasteiger charge is -2.16. The zero-order chi connectivity index (χ0) is 17.9. The molecule has 2 aromatic carbocycles. The van der Waals surface area contributed by atoms with Gasteiger partial charge in [0.1, 0.15) is 5.82 Å². The van der Waals surface area contributed by atoms with Crippen LogP contribution < -0.4 is 9.62 Å². The standard InChI is InChI=1S/C18H17FN2O3S/c19-15-5-7-16(8-6-15)20-18(22)11-4-14-2-9-17(10-3-14)21-12-1-13-25(21,23)24/h2-11H,1,12-13H2,(H,20,22)/b11-4+. The summed E-state index contributed by atoms with van der Waals surface area (Å²) in [5, 5.41) is 2.63. The summed E-state index contributed by atoms with van der Waals surface area (Å²) in [5.41, 5.74) is 1.91. The monoisotopic (exact) mass is 360 g/mol. The predicted octanol–water partition coefficient (Wildman–Crippen LogP) is 3.02. The van der Waals surface area contributed by atoms with Crippen LogP contribution >= 0.6 is 0 Å². The zero-order valence-electron chi connectivity index (χ0n) is 13.4. The maximum Gasteiger partial charge on any atom is 0.248 e. The van der Waals surface area contributed by atoms with Gasteiger partial charge in [-0.25, -0.2) is 12.8 Å². The van der Waals surface area contributed by atoms with Crippen LogP contribution in [0.5, 0.6) is 0 Å². The van der Waals surface area contributed by atoms with E-state index in [1.54, 1.807) is 30.3 Å². The lowest BCUT2D eigenvalue weighted by Crippen LogP contribution is -2.24. The van der Waals surface area contributed by atoms with Gasteiger partial charge in [0.2, 0.25) is 15.9 Å². The Labute approximate surface area is 145 Å². The lowest BCUT2D eigenvalue weighted by molar-refractivity contribution is -0.111. The van der Waals surface area contributed by atoms with Gasteiger partial charge < -0.3 is 5.32 Å². The summed E-state index contributed by atoms with van der Waals surface area (Å²) in [6.07, 6.45) is 3.62. The van der Waals surface area contributed by atoms with Gasteiger partial charge in [-0.3, -0.25) is 9.10 Å². The van der Waals surface area contributed by atoms with Gasteiger partial charge in [-0.1, -0.05) is 12.1 Å². The number of carbonyl (C=O) groups is 1. The Morgan fingerprint density at radius 2 is 1.76 bits per heavy atom. The fourth-order valence-corrected chi connectivity index (χ4v) is 4.13. The molecular weight excluding hydrogens is 343 g/mol. The topological polar surface area (TPSA) is 66.5 Å². The van der Waals surface area contributed by atoms with Crippen LogP contribution in [0, 0.1) is 5.82 Å². The average Bonchev–Trinajstić information content (AvgIpc) is 2.95. The van der Waals surface area contributed by atoms with E-state index in [-0.39, 0.29) is 17.5 Å². The van der Waals surface area contributed by atoms with E-state index in [4.69, 9.17) is 0 Å². The van der Waals surface area contributed by atoms with E-state index in [9.17, 15) is 17.6 Å². The Bertz CT molecular complexity index is 891. The summed E-state index contributed by atoms with van der Waals surface area (Å²) in [4.78, 5) is 11.9. The minimum absolute atomic E-state index is 0.179. The fourth-order valence-electron chi connectivity index (χ4n) is 2.57. The highest BCUT2D eigenvalue weighted by Crippen LogP contribution is 2.24. The van der Waals surface area contributed by atoms with Crippen molar-refractivity contribution in [2.45, 2.75) is 6.42 Å². The first-order chi connectivity index (χ1) is 11.9. The van der Waals surface area contributed by atoms with Crippen molar-refractivity contribution in [3.05, 3.63) is 66.0 Å². The molecule has 3 rings (SSSR count). The second kappa shape index (κ2) is 7.06. The van der Waals surface area contributed by atoms with Crippen LogP contribution in [0.2, 0.25) is 0 Å². The molecule has 0 radical (unpaired) electrons. The average molecular weight is 360 g/mol. The summed E-state index contributed by atoms with van der Waals surface area (Å²) in [7, 11) is -3.19. The first-order valence-corrected chi connectivity index (χ1v) is 9.40. The normalized spacial score (nSPS) is 16.3. The van der Waals surface area contributed by atoms with Crippen molar-refractivity contribution in [2.24, 2.45) is 0 Å². The molecule has 1 saturated heterocycles. The molecule has 0 saturated carbocycles. The number of halogens is 1. The summed E-state index contributed by atoms with van der Waals surface area (Å²) >= 11 is 0. The van der Waals surface area contributed by atoms with Crippen LogP contribution in [-0.2, 0) is 14.8 Å². The minimum Gasteiger partial charge on any atom is -0.323 e. The van der Waals surface area contributed by atoms with E-state index in [0.29, 0.717) is 24.3 Å². The van der Waals surface area contributed by atoms with E-state index < -0.39 is 10.0 Å². The molecular formula is C18H17FN2O3S. The first kappa shape index (κ1) is 17.2. The van der Waals surface area contributed by atoms with Gasteiger partial charge in [0.25, 0.3) is 0 Å². The molecule has 1 amide bonds. The molecule has 1 aliphatic heterocycles. The number of anilines is 2. The molecule has 0 unspecified atom stereocenters. The third kappa shape index (κ3) is 4.24. The molecule has 2 aromatic rings. The van der Waals surface area contributed by atoms with Gasteiger partial charge in [-0.2, -0.15) is 0 Å². The number of hydrogen-bond acceptors (Lipinski definition) is 3. The molecule has 1 N–H and O–H groups in total. The Kier molecular flexibility index (Phi) is 4.85. The van der Waals surface area contributed by atoms with Crippen LogP contribution in [0.1, 0.15) is 12.0 Å². The van der Waals surface area contributed by atoms with Crippen molar-refractivity contribution in [2.75, 3.05) is 21.9 Å². The maximum atomic E-state index is 12.8. The quantitative estimate of drug-likeness (QED) is 0.853. The highest BCUT2D eigenvalue weighted by atomic mass is 32.2. The van der Waals surface area contributed by atoms with Crippen molar-refractivity contribution >= 4 is 33.4 Å². The lowest BCUT2D eigenvalue weighted by atomic mass is 10.2. The molecule has 0 atom stereocenters. The second-order valence-corrected chi connectivity index (χ2v) is 7.68. The van der Waals surface area contributed by atoms with E-state index in [2.05, 4.69) is 5.32 Å². The molecule has 0 bridgehead atoms. The summed E-state index contributed by atoms with van der Waals surface area (Å²) in [6.45, 7) is 0.498. The van der Waals surface area contributed by atoms with Crippen molar-refractivity contribution in [3.63, 3.8) is 0 Å². The minimum atomic E-state index is -3.19. The van der Waals surface area contributed by atoms with Gasteiger partial charge in [-0.05, 0) is 54.5 Å². The molecule has 1 aliphatic rings. The molecule has 1 heterocycles. The number of rotatable bonds is 4. The van der Waals surface area contributed by atoms with Gasteiger partial charge in [-0.15, -0.1) is 0 Å². The van der Waals surface area contributed by atoms with Crippen molar-refractivity contribution in [1.29, 1.82) is 0 Å². The van der Waals surface area contributed by atoms with Crippen molar-refractivity contribution < 1.29 is 17.6 Å². The number of nitrogens with zero attached hydrogens (tertiary/aromatic N) is 1. The van der Waals surface area contributed by atoms with Gasteiger partial charge in [0, 0.05) is 18.3 Å². The molecule has 0 aromatic heterocycles. The van der Waals surface area contributed by atoms with Gasteiger partial charge in [0.15, 0.2) is 0 Å². The number of carbonyl (C=O) groups excluding carboxylic acids is 1. The summed E-state index contributed by atoms with van der Waals surface area (Å²) < 4.78 is 38.0. The third-order valence-corrected chi connectivity index (χ3v) is 5.69. The van der Waals surface area contributed by atoms with E-state index in [1.165, 1.54) is 34.6 Å². The molecule has 130 valence electrons. The number of nitrogens with one attached hydrogen (secondary N) is 1. The van der Waals surface area contributed by atoms with E-state index in [0.717, 1.165) is 5.56 Å². The van der Waals surface area contributed by atoms with Crippen molar-refractivity contribution in [1.82, 2.24) is 0 Å². The Morgan fingerprint density at radius 1 is 1.08 bits per heavy atom. The van der Waals surface area contributed by atoms with Crippen LogP contribution in [-0.4, -0.2) is 26.6 Å². The summed E-state index contributed by atoms with van der Waals surface area (Å²) in [6, 6.07) is 12.4. The molecule has 1 fully saturated rings. The Balaban J connectivity index is 1.63. The first-order valence-electron chi connectivity index (χ1n) is 7.79. The van der Waals surface area contributed by atoms with Crippen LogP contribution in [0.4, 0.5) is 15.8 Å². The van der Waals surface area contributed by atoms with E-state index >= 15 is 0 Å². The van der Waals surface area contributed by atoms with Crippen molar-refractivity contribution in [3.8, 4) is 0 Å². The number of sulfonamides is 1. The molecule has 0 spiro atoms. The highest BCUT2D eigenvalue weighted by Gasteiger charge is 2.28. The van der Waals surface area contributed by atoms with E-state index in [1.807, 2.05) is 0 Å². The number of hydrogen-bond donors (Lipinski definition) is 1. The largest absolute Gasteiger partial charge is 0.323 e. The SMILES string of the molecule is O=C(/C=C/c1ccc(N2CCCS2(=O)=O)cc1)Nc1ccc(F)cc1. The predicted molar refractivity (Wildman–Crippen MR) is 96.3 cm³/mol. The molecule has 0 aliphatic carbocycles. The maximum absolute atomic E-state index is 12.8. The molecule has 7 heteroatoms. The number of amides is 1. The molecule has 25 heavy (non-hydrogen) atoms. The molecule has 5 nitrogen and oxygen atoms in total. The Hall–Kier alpha value is -2.67. The second-order valence-electron chi connectivity index (χ2n) is 5.66. The zero-order valence-corrected chi connectivity index (χ0v) is 14.2. The van der Waals surface area contributed by atoms with Crippen LogP contribution in [0.15, 0.2) is 54.6 Å². The van der Waals surface area contributed by atoms with Gasteiger partial charge >= 0.3 is 0 Å². The number of benzene rings is 2.